The number of ether oxygens (including phenoxy) is 2. The number of rotatable bonds is 14. The van der Waals surface area contributed by atoms with Crippen molar-refractivity contribution in [2.75, 3.05) is 13.2 Å². The summed E-state index contributed by atoms with van der Waals surface area (Å²) < 4.78 is 10.6. The number of carbonyl (C=O) groups is 2. The number of aliphatic hydroxyl groups excluding tert-OH is 1. The molecule has 38 heavy (non-hydrogen) atoms. The van der Waals surface area contributed by atoms with Crippen molar-refractivity contribution in [2.45, 2.75) is 95.0 Å². The molecule has 2 aromatic rings. The number of carbonyl (C=O) groups excluding carboxylic acids is 2. The van der Waals surface area contributed by atoms with Crippen LogP contribution in [0.3, 0.4) is 0 Å². The number of benzene rings is 2. The zero-order valence-electron chi connectivity index (χ0n) is 23.1. The van der Waals surface area contributed by atoms with Crippen LogP contribution in [0.4, 0.5) is 0 Å². The van der Waals surface area contributed by atoms with Gasteiger partial charge in [0.2, 0.25) is 0 Å². The summed E-state index contributed by atoms with van der Waals surface area (Å²) in [6, 6.07) is 21.0. The molecule has 4 unspecified atom stereocenters. The van der Waals surface area contributed by atoms with Gasteiger partial charge in [0.05, 0.1) is 32.2 Å². The molecule has 2 aliphatic heterocycles. The van der Waals surface area contributed by atoms with Crippen LogP contribution in [0.2, 0.25) is 0 Å². The van der Waals surface area contributed by atoms with Crippen LogP contribution in [0.15, 0.2) is 60.7 Å². The van der Waals surface area contributed by atoms with Crippen LogP contribution in [0.5, 0.6) is 0 Å². The molecule has 0 radical (unpaired) electrons. The predicted molar refractivity (Wildman–Crippen MR) is 149 cm³/mol. The molecule has 1 N–H and O–H groups in total. The minimum atomic E-state index is -0.297. The first-order valence-corrected chi connectivity index (χ1v) is 14.4. The average molecular weight is 521 g/mol. The lowest BCUT2D eigenvalue weighted by molar-refractivity contribution is -0.138. The Morgan fingerprint density at radius 2 is 1.11 bits per heavy atom. The van der Waals surface area contributed by atoms with Gasteiger partial charge in [-0.05, 0) is 47.6 Å². The fourth-order valence-electron chi connectivity index (χ4n) is 6.54. The SMILES string of the molecule is CC(CCCCC(O)CCCCC(C)(c1ccccc1)C1COC(=O)C1)(c1ccccc1)C1COC(=O)C1. The molecule has 2 heterocycles. The van der Waals surface area contributed by atoms with E-state index in [2.05, 4.69) is 62.4 Å². The second-order valence-corrected chi connectivity index (χ2v) is 11.9. The van der Waals surface area contributed by atoms with E-state index in [1.165, 1.54) is 11.1 Å². The lowest BCUT2D eigenvalue weighted by Gasteiger charge is -2.35. The van der Waals surface area contributed by atoms with Gasteiger partial charge in [-0.3, -0.25) is 9.59 Å². The molecule has 0 aliphatic carbocycles. The zero-order valence-corrected chi connectivity index (χ0v) is 23.1. The van der Waals surface area contributed by atoms with Gasteiger partial charge in [0, 0.05) is 11.8 Å². The minimum absolute atomic E-state index is 0.0944. The average Bonchev–Trinajstić information content (AvgIpc) is 3.58. The zero-order chi connectivity index (χ0) is 27.0. The normalized spacial score (nSPS) is 23.3. The van der Waals surface area contributed by atoms with E-state index < -0.39 is 0 Å². The molecular formula is C33H44O5. The van der Waals surface area contributed by atoms with E-state index >= 15 is 0 Å². The van der Waals surface area contributed by atoms with Gasteiger partial charge in [-0.1, -0.05) is 100 Å². The topological polar surface area (TPSA) is 72.8 Å². The Morgan fingerprint density at radius 1 is 0.711 bits per heavy atom. The Labute approximate surface area is 227 Å². The van der Waals surface area contributed by atoms with Gasteiger partial charge < -0.3 is 14.6 Å². The fraction of sp³-hybridized carbons (Fsp3) is 0.576. The van der Waals surface area contributed by atoms with Gasteiger partial charge >= 0.3 is 11.9 Å². The maximum atomic E-state index is 11.8. The minimum Gasteiger partial charge on any atom is -0.465 e. The van der Waals surface area contributed by atoms with E-state index in [9.17, 15) is 14.7 Å². The van der Waals surface area contributed by atoms with Crippen molar-refractivity contribution in [3.63, 3.8) is 0 Å². The van der Waals surface area contributed by atoms with Crippen LogP contribution in [-0.2, 0) is 29.9 Å². The summed E-state index contributed by atoms with van der Waals surface area (Å²) in [5, 5.41) is 10.7. The van der Waals surface area contributed by atoms with Crippen molar-refractivity contribution >= 4 is 11.9 Å². The van der Waals surface area contributed by atoms with Crippen LogP contribution in [0.25, 0.3) is 0 Å². The third-order valence-corrected chi connectivity index (χ3v) is 9.35. The van der Waals surface area contributed by atoms with Gasteiger partial charge in [-0.15, -0.1) is 0 Å². The quantitative estimate of drug-likeness (QED) is 0.227. The highest BCUT2D eigenvalue weighted by molar-refractivity contribution is 5.72. The molecule has 2 aliphatic rings. The number of aliphatic hydroxyl groups is 1. The molecule has 4 rings (SSSR count). The summed E-state index contributed by atoms with van der Waals surface area (Å²) >= 11 is 0. The van der Waals surface area contributed by atoms with E-state index in [0.717, 1.165) is 51.4 Å². The van der Waals surface area contributed by atoms with Crippen molar-refractivity contribution < 1.29 is 24.2 Å². The first-order chi connectivity index (χ1) is 18.3. The number of esters is 2. The summed E-state index contributed by atoms with van der Waals surface area (Å²) in [5.41, 5.74) is 2.32. The molecule has 2 saturated heterocycles. The van der Waals surface area contributed by atoms with E-state index in [1.807, 2.05) is 12.1 Å². The first-order valence-electron chi connectivity index (χ1n) is 14.4. The highest BCUT2D eigenvalue weighted by Gasteiger charge is 2.42. The fourth-order valence-corrected chi connectivity index (χ4v) is 6.54. The summed E-state index contributed by atoms with van der Waals surface area (Å²) in [6.45, 7) is 5.52. The van der Waals surface area contributed by atoms with Gasteiger partial charge in [0.1, 0.15) is 0 Å². The Morgan fingerprint density at radius 3 is 1.45 bits per heavy atom. The van der Waals surface area contributed by atoms with Crippen molar-refractivity contribution in [3.05, 3.63) is 71.8 Å². The lowest BCUT2D eigenvalue weighted by Crippen LogP contribution is -2.33. The summed E-state index contributed by atoms with van der Waals surface area (Å²) in [5.74, 6) is 0.203. The standard InChI is InChI=1S/C33H44O5/c1-32(25-13-5-3-6-14-25,27-21-30(35)37-23-27)19-11-9-17-29(34)18-10-12-20-33(2,26-15-7-4-8-16-26)28-22-31(36)38-24-28/h3-8,13-16,27-29,34H,9-12,17-24H2,1-2H3. The van der Waals surface area contributed by atoms with Gasteiger partial charge in [-0.2, -0.15) is 0 Å². The van der Waals surface area contributed by atoms with E-state index in [-0.39, 0.29) is 40.7 Å². The van der Waals surface area contributed by atoms with Crippen LogP contribution in [0.1, 0.15) is 89.2 Å². The van der Waals surface area contributed by atoms with Crippen molar-refractivity contribution in [1.82, 2.24) is 0 Å². The molecule has 0 amide bonds. The molecule has 0 spiro atoms. The molecule has 2 aromatic carbocycles. The largest absolute Gasteiger partial charge is 0.465 e. The molecular weight excluding hydrogens is 476 g/mol. The molecule has 0 bridgehead atoms. The predicted octanol–water partition coefficient (Wildman–Crippen LogP) is 6.51. The van der Waals surface area contributed by atoms with Gasteiger partial charge in [0.15, 0.2) is 0 Å². The third kappa shape index (κ3) is 6.85. The van der Waals surface area contributed by atoms with E-state index in [1.54, 1.807) is 0 Å². The van der Waals surface area contributed by atoms with Crippen LogP contribution < -0.4 is 0 Å². The van der Waals surface area contributed by atoms with Crippen LogP contribution in [-0.4, -0.2) is 36.4 Å². The first kappa shape index (κ1) is 28.4. The van der Waals surface area contributed by atoms with Crippen molar-refractivity contribution in [2.24, 2.45) is 11.8 Å². The molecule has 0 aromatic heterocycles. The maximum absolute atomic E-state index is 11.8. The molecule has 5 heteroatoms. The Hall–Kier alpha value is -2.66. The van der Waals surface area contributed by atoms with Crippen molar-refractivity contribution in [3.8, 4) is 0 Å². The monoisotopic (exact) mass is 520 g/mol. The number of unbranched alkanes of at least 4 members (excludes halogenated alkanes) is 2. The van der Waals surface area contributed by atoms with E-state index in [0.29, 0.717) is 26.1 Å². The summed E-state index contributed by atoms with van der Waals surface area (Å²) in [6.07, 6.45) is 8.16. The third-order valence-electron chi connectivity index (χ3n) is 9.35. The molecule has 0 saturated carbocycles. The number of hydrogen-bond acceptors (Lipinski definition) is 5. The highest BCUT2D eigenvalue weighted by atomic mass is 16.5. The van der Waals surface area contributed by atoms with Gasteiger partial charge in [-0.25, -0.2) is 0 Å². The van der Waals surface area contributed by atoms with E-state index in [4.69, 9.17) is 9.47 Å². The highest BCUT2D eigenvalue weighted by Crippen LogP contribution is 2.43. The molecule has 4 atom stereocenters. The number of cyclic esters (lactones) is 2. The molecule has 2 fully saturated rings. The second-order valence-electron chi connectivity index (χ2n) is 11.9. The molecule has 206 valence electrons. The Kier molecular flexibility index (Phi) is 9.64. The van der Waals surface area contributed by atoms with Crippen molar-refractivity contribution in [1.29, 1.82) is 0 Å². The van der Waals surface area contributed by atoms with Crippen LogP contribution >= 0.6 is 0 Å². The summed E-state index contributed by atoms with van der Waals surface area (Å²) in [7, 11) is 0. The Balaban J connectivity index is 1.22. The smallest absolute Gasteiger partial charge is 0.306 e. The van der Waals surface area contributed by atoms with Crippen LogP contribution in [0, 0.1) is 11.8 Å². The maximum Gasteiger partial charge on any atom is 0.306 e. The lowest BCUT2D eigenvalue weighted by atomic mass is 9.68. The number of hydrogen-bond donors (Lipinski definition) is 1. The van der Waals surface area contributed by atoms with Gasteiger partial charge in [0.25, 0.3) is 0 Å². The second kappa shape index (κ2) is 12.9. The summed E-state index contributed by atoms with van der Waals surface area (Å²) in [4.78, 5) is 23.7. The Bertz CT molecular complexity index is 954. The molecule has 5 nitrogen and oxygen atoms in total.